The molecule has 0 saturated carbocycles. The molecule has 3 heterocycles. The van der Waals surface area contributed by atoms with Crippen LogP contribution < -0.4 is 5.32 Å². The number of imidazole rings is 1. The van der Waals surface area contributed by atoms with E-state index in [0.29, 0.717) is 0 Å². The molecule has 19 heavy (non-hydrogen) atoms. The normalized spacial score (nSPS) is 23.5. The molecular weight excluding hydrogens is 258 g/mol. The maximum Gasteiger partial charge on any atom is 0.194 e. The van der Waals surface area contributed by atoms with Crippen molar-refractivity contribution in [2.45, 2.75) is 45.8 Å². The van der Waals surface area contributed by atoms with Crippen LogP contribution in [0.25, 0.3) is 4.96 Å². The second-order valence-corrected chi connectivity index (χ2v) is 6.86. The first-order valence-electron chi connectivity index (χ1n) is 6.86. The van der Waals surface area contributed by atoms with Crippen molar-refractivity contribution in [3.63, 3.8) is 0 Å². The Morgan fingerprint density at radius 2 is 2.37 bits per heavy atom. The Morgan fingerprint density at radius 1 is 1.53 bits per heavy atom. The van der Waals surface area contributed by atoms with Gasteiger partial charge in [0.2, 0.25) is 0 Å². The zero-order valence-corrected chi connectivity index (χ0v) is 12.6. The quantitative estimate of drug-likeness (QED) is 0.935. The van der Waals surface area contributed by atoms with E-state index in [4.69, 9.17) is 4.74 Å². The molecule has 0 spiro atoms. The molecule has 0 aromatic carbocycles. The Bertz CT molecular complexity index is 581. The predicted octanol–water partition coefficient (Wildman–Crippen LogP) is 2.67. The lowest BCUT2D eigenvalue weighted by Crippen LogP contribution is -2.37. The molecule has 1 unspecified atom stereocenters. The number of aromatic nitrogens is 2. The van der Waals surface area contributed by atoms with Crippen molar-refractivity contribution >= 4 is 16.3 Å². The summed E-state index contributed by atoms with van der Waals surface area (Å²) in [6, 6.07) is 0. The second kappa shape index (κ2) is 4.89. The van der Waals surface area contributed by atoms with Crippen molar-refractivity contribution in [3.05, 3.63) is 22.5 Å². The number of nitrogens with zero attached hydrogens (tertiary/aromatic N) is 2. The van der Waals surface area contributed by atoms with E-state index in [-0.39, 0.29) is 5.60 Å². The standard InChI is InChI=1S/C14H21N3OS/c1-10-8-17-12(11(2)16-13(17)19-10)7-15-9-14(3)5-4-6-18-14/h8,15H,4-7,9H2,1-3H3. The van der Waals surface area contributed by atoms with Gasteiger partial charge in [0.25, 0.3) is 0 Å². The fraction of sp³-hybridized carbons (Fsp3) is 0.643. The van der Waals surface area contributed by atoms with Crippen molar-refractivity contribution in [1.82, 2.24) is 14.7 Å². The molecule has 1 atom stereocenters. The summed E-state index contributed by atoms with van der Waals surface area (Å²) < 4.78 is 8.01. The fourth-order valence-electron chi connectivity index (χ4n) is 2.74. The molecule has 1 N–H and O–H groups in total. The number of rotatable bonds is 4. The molecule has 0 bridgehead atoms. The molecule has 5 heteroatoms. The summed E-state index contributed by atoms with van der Waals surface area (Å²) in [5.74, 6) is 0. The van der Waals surface area contributed by atoms with Crippen molar-refractivity contribution in [2.24, 2.45) is 0 Å². The number of fused-ring (bicyclic) bond motifs is 1. The van der Waals surface area contributed by atoms with Gasteiger partial charge in [-0.05, 0) is 33.6 Å². The lowest BCUT2D eigenvalue weighted by Gasteiger charge is -2.23. The van der Waals surface area contributed by atoms with Crippen molar-refractivity contribution < 1.29 is 4.74 Å². The van der Waals surface area contributed by atoms with Crippen LogP contribution in [0.15, 0.2) is 6.20 Å². The molecular formula is C14H21N3OS. The first kappa shape index (κ1) is 13.1. The lowest BCUT2D eigenvalue weighted by atomic mass is 10.0. The zero-order valence-electron chi connectivity index (χ0n) is 11.8. The summed E-state index contributed by atoms with van der Waals surface area (Å²) in [5, 5.41) is 3.53. The van der Waals surface area contributed by atoms with E-state index in [1.165, 1.54) is 17.0 Å². The number of thiazole rings is 1. The van der Waals surface area contributed by atoms with Crippen LogP contribution >= 0.6 is 11.3 Å². The van der Waals surface area contributed by atoms with Crippen LogP contribution in [-0.4, -0.2) is 28.1 Å². The van der Waals surface area contributed by atoms with Gasteiger partial charge in [-0.15, -0.1) is 11.3 Å². The minimum Gasteiger partial charge on any atom is -0.374 e. The summed E-state index contributed by atoms with van der Waals surface area (Å²) in [6.45, 7) is 9.06. The number of nitrogens with one attached hydrogen (secondary N) is 1. The Hall–Kier alpha value is -0.910. The van der Waals surface area contributed by atoms with Gasteiger partial charge in [-0.3, -0.25) is 4.40 Å². The fourth-order valence-corrected chi connectivity index (χ4v) is 3.63. The van der Waals surface area contributed by atoms with Crippen LogP contribution in [-0.2, 0) is 11.3 Å². The minimum atomic E-state index is 0.0161. The third-order valence-corrected chi connectivity index (χ3v) is 4.73. The van der Waals surface area contributed by atoms with Crippen LogP contribution in [0.5, 0.6) is 0 Å². The molecule has 1 aliphatic heterocycles. The van der Waals surface area contributed by atoms with Gasteiger partial charge in [-0.1, -0.05) is 0 Å². The van der Waals surface area contributed by atoms with Gasteiger partial charge >= 0.3 is 0 Å². The zero-order chi connectivity index (χ0) is 13.5. The molecule has 1 fully saturated rings. The first-order valence-corrected chi connectivity index (χ1v) is 7.68. The Morgan fingerprint density at radius 3 is 3.11 bits per heavy atom. The molecule has 1 aliphatic rings. The molecule has 3 rings (SSSR count). The maximum atomic E-state index is 5.80. The van der Waals surface area contributed by atoms with E-state index in [1.54, 1.807) is 11.3 Å². The largest absolute Gasteiger partial charge is 0.374 e. The van der Waals surface area contributed by atoms with Crippen LogP contribution in [0.4, 0.5) is 0 Å². The van der Waals surface area contributed by atoms with E-state index >= 15 is 0 Å². The van der Waals surface area contributed by atoms with Gasteiger partial charge in [0.15, 0.2) is 4.96 Å². The monoisotopic (exact) mass is 279 g/mol. The van der Waals surface area contributed by atoms with E-state index in [2.05, 4.69) is 41.7 Å². The number of aryl methyl sites for hydroxylation is 2. The molecule has 1 saturated heterocycles. The van der Waals surface area contributed by atoms with Crippen LogP contribution in [0.2, 0.25) is 0 Å². The summed E-state index contributed by atoms with van der Waals surface area (Å²) in [4.78, 5) is 7.01. The molecule has 0 radical (unpaired) electrons. The third-order valence-electron chi connectivity index (χ3n) is 3.83. The number of ether oxygens (including phenoxy) is 1. The summed E-state index contributed by atoms with van der Waals surface area (Å²) in [7, 11) is 0. The van der Waals surface area contributed by atoms with Crippen molar-refractivity contribution in [2.75, 3.05) is 13.2 Å². The van der Waals surface area contributed by atoms with E-state index in [0.717, 1.165) is 36.8 Å². The van der Waals surface area contributed by atoms with Crippen molar-refractivity contribution in [3.8, 4) is 0 Å². The van der Waals surface area contributed by atoms with Gasteiger partial charge < -0.3 is 10.1 Å². The Kier molecular flexibility index (Phi) is 3.37. The smallest absolute Gasteiger partial charge is 0.194 e. The topological polar surface area (TPSA) is 38.6 Å². The maximum absolute atomic E-state index is 5.80. The summed E-state index contributed by atoms with van der Waals surface area (Å²) in [5.41, 5.74) is 2.40. The van der Waals surface area contributed by atoms with Crippen LogP contribution in [0, 0.1) is 13.8 Å². The Labute approximate surface area is 117 Å². The van der Waals surface area contributed by atoms with E-state index in [9.17, 15) is 0 Å². The minimum absolute atomic E-state index is 0.0161. The van der Waals surface area contributed by atoms with E-state index in [1.807, 2.05) is 0 Å². The highest BCUT2D eigenvalue weighted by atomic mass is 32.1. The number of hydrogen-bond donors (Lipinski definition) is 1. The molecule has 104 valence electrons. The first-order chi connectivity index (χ1) is 9.07. The highest BCUT2D eigenvalue weighted by Gasteiger charge is 2.29. The van der Waals surface area contributed by atoms with Gasteiger partial charge in [0, 0.05) is 30.8 Å². The molecule has 0 amide bonds. The van der Waals surface area contributed by atoms with Crippen LogP contribution in [0.3, 0.4) is 0 Å². The average Bonchev–Trinajstić information content (AvgIpc) is 2.98. The SMILES string of the molecule is Cc1cn2c(CNCC3(C)CCCO3)c(C)nc2s1. The summed E-state index contributed by atoms with van der Waals surface area (Å²) >= 11 is 1.74. The highest BCUT2D eigenvalue weighted by Crippen LogP contribution is 2.24. The molecule has 2 aromatic heterocycles. The van der Waals surface area contributed by atoms with Gasteiger partial charge in [-0.2, -0.15) is 0 Å². The second-order valence-electron chi connectivity index (χ2n) is 5.64. The number of hydrogen-bond acceptors (Lipinski definition) is 4. The molecule has 0 aliphatic carbocycles. The van der Waals surface area contributed by atoms with Crippen molar-refractivity contribution in [1.29, 1.82) is 0 Å². The summed E-state index contributed by atoms with van der Waals surface area (Å²) in [6.07, 6.45) is 4.50. The Balaban J connectivity index is 1.69. The highest BCUT2D eigenvalue weighted by molar-refractivity contribution is 7.17. The predicted molar refractivity (Wildman–Crippen MR) is 77.8 cm³/mol. The average molecular weight is 279 g/mol. The van der Waals surface area contributed by atoms with Gasteiger partial charge in [0.1, 0.15) is 0 Å². The lowest BCUT2D eigenvalue weighted by molar-refractivity contribution is 0.0206. The molecule has 2 aromatic rings. The molecule has 4 nitrogen and oxygen atoms in total. The van der Waals surface area contributed by atoms with Crippen LogP contribution in [0.1, 0.15) is 36.0 Å². The van der Waals surface area contributed by atoms with Gasteiger partial charge in [-0.25, -0.2) is 4.98 Å². The van der Waals surface area contributed by atoms with E-state index < -0.39 is 0 Å². The third kappa shape index (κ3) is 2.55. The van der Waals surface area contributed by atoms with Gasteiger partial charge in [0.05, 0.1) is 17.0 Å².